The Morgan fingerprint density at radius 2 is 2.13 bits per heavy atom. The van der Waals surface area contributed by atoms with Crippen LogP contribution in [-0.4, -0.2) is 15.1 Å². The van der Waals surface area contributed by atoms with Gasteiger partial charge in [-0.05, 0) is 18.1 Å². The van der Waals surface area contributed by atoms with E-state index in [0.717, 1.165) is 16.9 Å². The maximum absolute atomic E-state index is 9.31. The number of nitrogens with two attached hydrogens (primary N) is 1. The molecule has 0 amide bonds. The summed E-state index contributed by atoms with van der Waals surface area (Å²) < 4.78 is 0. The van der Waals surface area contributed by atoms with E-state index in [-0.39, 0.29) is 11.8 Å². The molecule has 1 atom stereocenters. The number of aromatic hydroxyl groups is 1. The third-order valence-corrected chi connectivity index (χ3v) is 2.52. The summed E-state index contributed by atoms with van der Waals surface area (Å²) in [6.45, 7) is 4.10. The van der Waals surface area contributed by atoms with E-state index in [2.05, 4.69) is 23.8 Å². The number of rotatable bonds is 2. The minimum atomic E-state index is -0.0976. The van der Waals surface area contributed by atoms with Crippen LogP contribution in [0.25, 0.3) is 11.0 Å². The number of phenolic OH excluding ortho intramolecular Hbond substituents is 1. The van der Waals surface area contributed by atoms with Gasteiger partial charge in [-0.2, -0.15) is 0 Å². The lowest BCUT2D eigenvalue weighted by atomic mass is 10.1. The van der Waals surface area contributed by atoms with E-state index in [9.17, 15) is 5.11 Å². The van der Waals surface area contributed by atoms with Crippen molar-refractivity contribution >= 4 is 11.0 Å². The lowest BCUT2D eigenvalue weighted by molar-refractivity contribution is 0.476. The molecule has 0 unspecified atom stereocenters. The minimum Gasteiger partial charge on any atom is -0.508 e. The van der Waals surface area contributed by atoms with Gasteiger partial charge in [0, 0.05) is 6.07 Å². The smallest absolute Gasteiger partial charge is 0.124 e. The fourth-order valence-corrected chi connectivity index (χ4v) is 1.49. The summed E-state index contributed by atoms with van der Waals surface area (Å²) in [6.07, 6.45) is 0. The molecule has 1 aromatic heterocycles. The molecular formula is C11H15N3O. The zero-order valence-corrected chi connectivity index (χ0v) is 8.86. The van der Waals surface area contributed by atoms with Gasteiger partial charge in [-0.1, -0.05) is 13.8 Å². The average Bonchev–Trinajstić information content (AvgIpc) is 2.58. The largest absolute Gasteiger partial charge is 0.508 e. The zero-order valence-electron chi connectivity index (χ0n) is 8.86. The first-order chi connectivity index (χ1) is 7.08. The molecule has 0 aliphatic rings. The number of aromatic amines is 1. The van der Waals surface area contributed by atoms with Crippen LogP contribution in [0.4, 0.5) is 0 Å². The molecule has 15 heavy (non-hydrogen) atoms. The minimum absolute atomic E-state index is 0.0976. The van der Waals surface area contributed by atoms with Crippen LogP contribution < -0.4 is 5.73 Å². The van der Waals surface area contributed by atoms with E-state index in [1.54, 1.807) is 18.2 Å². The van der Waals surface area contributed by atoms with Crippen LogP contribution in [0.1, 0.15) is 25.7 Å². The van der Waals surface area contributed by atoms with Gasteiger partial charge in [-0.15, -0.1) is 0 Å². The van der Waals surface area contributed by atoms with Crippen molar-refractivity contribution in [3.8, 4) is 5.75 Å². The molecule has 2 rings (SSSR count). The number of hydrogen-bond donors (Lipinski definition) is 3. The predicted octanol–water partition coefficient (Wildman–Crippen LogP) is 1.92. The molecule has 4 N–H and O–H groups in total. The molecule has 4 nitrogen and oxygen atoms in total. The molecule has 0 fully saturated rings. The molecule has 0 radical (unpaired) electrons. The van der Waals surface area contributed by atoms with Crippen LogP contribution >= 0.6 is 0 Å². The molecule has 1 aromatic carbocycles. The number of hydrogen-bond acceptors (Lipinski definition) is 3. The summed E-state index contributed by atoms with van der Waals surface area (Å²) in [5.74, 6) is 1.33. The van der Waals surface area contributed by atoms with Crippen molar-refractivity contribution in [3.63, 3.8) is 0 Å². The second-order valence-corrected chi connectivity index (χ2v) is 4.09. The van der Waals surface area contributed by atoms with E-state index < -0.39 is 0 Å². The lowest BCUT2D eigenvalue weighted by Crippen LogP contribution is -2.17. The maximum Gasteiger partial charge on any atom is 0.124 e. The van der Waals surface area contributed by atoms with Gasteiger partial charge in [-0.3, -0.25) is 0 Å². The topological polar surface area (TPSA) is 74.9 Å². The standard InChI is InChI=1S/C11H15N3O/c1-6(2)10(12)11-13-8-4-3-7(15)5-9(8)14-11/h3-6,10,15H,12H2,1-2H3,(H,13,14)/t10-/m0/s1. The number of nitrogens with one attached hydrogen (secondary N) is 1. The Kier molecular flexibility index (Phi) is 2.36. The number of aromatic nitrogens is 2. The number of phenols is 1. The van der Waals surface area contributed by atoms with Crippen molar-refractivity contribution in [3.05, 3.63) is 24.0 Å². The normalized spacial score (nSPS) is 13.6. The first kappa shape index (κ1) is 9.98. The Bertz CT molecular complexity index is 476. The Morgan fingerprint density at radius 3 is 2.80 bits per heavy atom. The quantitative estimate of drug-likeness (QED) is 0.701. The lowest BCUT2D eigenvalue weighted by Gasteiger charge is -2.11. The van der Waals surface area contributed by atoms with Crippen LogP contribution in [-0.2, 0) is 0 Å². The monoisotopic (exact) mass is 205 g/mol. The molecule has 80 valence electrons. The molecule has 0 saturated carbocycles. The number of fused-ring (bicyclic) bond motifs is 1. The van der Waals surface area contributed by atoms with E-state index in [4.69, 9.17) is 5.73 Å². The first-order valence-electron chi connectivity index (χ1n) is 5.02. The number of imidazole rings is 1. The molecule has 0 bridgehead atoms. The van der Waals surface area contributed by atoms with Gasteiger partial charge in [0.1, 0.15) is 11.6 Å². The molecule has 0 aliphatic carbocycles. The Balaban J connectivity index is 2.47. The summed E-state index contributed by atoms with van der Waals surface area (Å²) >= 11 is 0. The van der Waals surface area contributed by atoms with Gasteiger partial charge in [0.05, 0.1) is 17.1 Å². The number of nitrogens with zero attached hydrogens (tertiary/aromatic N) is 1. The Morgan fingerprint density at radius 1 is 1.40 bits per heavy atom. The summed E-state index contributed by atoms with van der Waals surface area (Å²) in [7, 11) is 0. The Hall–Kier alpha value is -1.55. The maximum atomic E-state index is 9.31. The summed E-state index contributed by atoms with van der Waals surface area (Å²) in [6, 6.07) is 4.95. The van der Waals surface area contributed by atoms with Gasteiger partial charge in [0.25, 0.3) is 0 Å². The van der Waals surface area contributed by atoms with Gasteiger partial charge in [0.15, 0.2) is 0 Å². The van der Waals surface area contributed by atoms with Crippen molar-refractivity contribution in [2.75, 3.05) is 0 Å². The van der Waals surface area contributed by atoms with E-state index in [0.29, 0.717) is 5.92 Å². The van der Waals surface area contributed by atoms with E-state index >= 15 is 0 Å². The highest BCUT2D eigenvalue weighted by atomic mass is 16.3. The van der Waals surface area contributed by atoms with Crippen LogP contribution in [0, 0.1) is 5.92 Å². The zero-order chi connectivity index (χ0) is 11.0. The molecular weight excluding hydrogens is 190 g/mol. The van der Waals surface area contributed by atoms with Gasteiger partial charge in [-0.25, -0.2) is 4.98 Å². The second-order valence-electron chi connectivity index (χ2n) is 4.09. The fourth-order valence-electron chi connectivity index (χ4n) is 1.49. The molecule has 1 heterocycles. The van der Waals surface area contributed by atoms with Crippen molar-refractivity contribution in [2.24, 2.45) is 11.7 Å². The van der Waals surface area contributed by atoms with Crippen molar-refractivity contribution in [1.29, 1.82) is 0 Å². The summed E-state index contributed by atoms with van der Waals surface area (Å²) in [4.78, 5) is 7.50. The highest BCUT2D eigenvalue weighted by Gasteiger charge is 2.14. The molecule has 0 spiro atoms. The first-order valence-corrected chi connectivity index (χ1v) is 5.02. The van der Waals surface area contributed by atoms with E-state index in [1.165, 1.54) is 0 Å². The van der Waals surface area contributed by atoms with Crippen LogP contribution in [0.2, 0.25) is 0 Å². The average molecular weight is 205 g/mol. The van der Waals surface area contributed by atoms with Gasteiger partial charge in [0.2, 0.25) is 0 Å². The molecule has 0 aliphatic heterocycles. The summed E-state index contributed by atoms with van der Waals surface area (Å²) in [5.41, 5.74) is 7.64. The second kappa shape index (κ2) is 3.55. The predicted molar refractivity (Wildman–Crippen MR) is 59.5 cm³/mol. The Labute approximate surface area is 88.1 Å². The molecule has 2 aromatic rings. The summed E-state index contributed by atoms with van der Waals surface area (Å²) in [5, 5.41) is 9.31. The number of H-pyrrole nitrogens is 1. The molecule has 0 saturated heterocycles. The van der Waals surface area contributed by atoms with Crippen molar-refractivity contribution in [1.82, 2.24) is 9.97 Å². The SMILES string of the molecule is CC(C)[C@H](N)c1nc2ccc(O)cc2[nH]1. The molecule has 4 heteroatoms. The van der Waals surface area contributed by atoms with Gasteiger partial charge < -0.3 is 15.8 Å². The highest BCUT2D eigenvalue weighted by Crippen LogP contribution is 2.22. The van der Waals surface area contributed by atoms with Crippen molar-refractivity contribution in [2.45, 2.75) is 19.9 Å². The highest BCUT2D eigenvalue weighted by molar-refractivity contribution is 5.76. The fraction of sp³-hybridized carbons (Fsp3) is 0.364. The van der Waals surface area contributed by atoms with E-state index in [1.807, 2.05) is 0 Å². The third-order valence-electron chi connectivity index (χ3n) is 2.52. The van der Waals surface area contributed by atoms with Crippen LogP contribution in [0.5, 0.6) is 5.75 Å². The van der Waals surface area contributed by atoms with Crippen LogP contribution in [0.15, 0.2) is 18.2 Å². The van der Waals surface area contributed by atoms with Gasteiger partial charge >= 0.3 is 0 Å². The van der Waals surface area contributed by atoms with Crippen molar-refractivity contribution < 1.29 is 5.11 Å². The number of benzene rings is 1. The van der Waals surface area contributed by atoms with Crippen LogP contribution in [0.3, 0.4) is 0 Å². The third kappa shape index (κ3) is 1.80.